The van der Waals surface area contributed by atoms with Crippen molar-refractivity contribution < 1.29 is 18.3 Å². The number of hydrogen-bond donors (Lipinski definition) is 0. The molecule has 2 atom stereocenters. The molecule has 4 heterocycles. The number of ether oxygens (including phenoxy) is 2. The van der Waals surface area contributed by atoms with Crippen molar-refractivity contribution in [3.63, 3.8) is 0 Å². The van der Waals surface area contributed by atoms with Crippen LogP contribution < -0.4 is 42.0 Å². The SMILES string of the molecule is [C-]#[N+]/C(c1nc2cc(C)ccc2o1)=c1\c2c(-c3cccc(OCC(C=C=C=C=C=C=C=C)CCCCCCCCCC)c3)n(B(c3ccccc3)c3ccccc3)/c(=C(/C#N)c3nc4cc(C)ccc4o3)c2c(-c2cccc(OCC(CCCCCCCC)CCCCCCCCCC)c2)n1B(c1ccccc1)c1ccccc1. The van der Waals surface area contributed by atoms with E-state index in [1.54, 1.807) is 0 Å². The van der Waals surface area contributed by atoms with Crippen molar-refractivity contribution in [2.45, 2.75) is 195 Å². The minimum atomic E-state index is -0.660. The molecule has 0 saturated heterocycles. The first-order valence-corrected chi connectivity index (χ1v) is 42.1. The van der Waals surface area contributed by atoms with E-state index in [-0.39, 0.29) is 29.0 Å². The van der Waals surface area contributed by atoms with Crippen LogP contribution in [0.3, 0.4) is 0 Å². The van der Waals surface area contributed by atoms with Crippen LogP contribution in [0, 0.1) is 43.6 Å². The topological polar surface area (TPSA) is 109 Å². The number of aromatic nitrogens is 4. The molecule has 0 aliphatic rings. The molecule has 0 saturated carbocycles. The van der Waals surface area contributed by atoms with Gasteiger partial charge in [-0.3, -0.25) is 0 Å². The van der Waals surface area contributed by atoms with Crippen molar-refractivity contribution in [1.82, 2.24) is 18.9 Å². The molecular weight excluding hydrogens is 1390 g/mol. The van der Waals surface area contributed by atoms with Crippen LogP contribution in [0.4, 0.5) is 0 Å². The zero-order valence-electron chi connectivity index (χ0n) is 67.6. The summed E-state index contributed by atoms with van der Waals surface area (Å²) in [5.41, 5.74) is 28.6. The molecule has 4 aromatic heterocycles. The number of aryl methyl sites for hydroxylation is 2. The minimum absolute atomic E-state index is 0.0366. The van der Waals surface area contributed by atoms with Crippen LogP contribution in [0.1, 0.15) is 204 Å². The summed E-state index contributed by atoms with van der Waals surface area (Å²) < 4.78 is 33.2. The molecule has 8 aromatic carbocycles. The van der Waals surface area contributed by atoms with Crippen LogP contribution in [0.25, 0.3) is 71.6 Å². The summed E-state index contributed by atoms with van der Waals surface area (Å²) in [6, 6.07) is 73.7. The Morgan fingerprint density at radius 1 is 0.474 bits per heavy atom. The number of rotatable bonds is 42. The molecule has 0 amide bonds. The highest BCUT2D eigenvalue weighted by molar-refractivity contribution is 6.85. The second-order valence-corrected chi connectivity index (χ2v) is 30.6. The predicted octanol–water partition coefficient (Wildman–Crippen LogP) is 22.7. The molecule has 12 aromatic rings. The molecule has 114 heavy (non-hydrogen) atoms. The smallest absolute Gasteiger partial charge is 0.328 e. The molecule has 12 heteroatoms. The van der Waals surface area contributed by atoms with Gasteiger partial charge in [-0.25, -0.2) is 14.8 Å². The molecule has 576 valence electrons. The Morgan fingerprint density at radius 3 is 1.34 bits per heavy atom. The summed E-state index contributed by atoms with van der Waals surface area (Å²) in [5.74, 6) is 1.95. The normalized spacial score (nSPS) is 12.2. The van der Waals surface area contributed by atoms with Gasteiger partial charge in [0.15, 0.2) is 11.2 Å². The number of benzene rings is 8. The number of nitriles is 1. The fourth-order valence-corrected chi connectivity index (χ4v) is 16.2. The third kappa shape index (κ3) is 21.2. The number of unbranched alkanes of at least 4 members (excludes halogenated alkanes) is 19. The van der Waals surface area contributed by atoms with Gasteiger partial charge in [0.2, 0.25) is 11.8 Å². The summed E-state index contributed by atoms with van der Waals surface area (Å²) in [5, 5.41) is 15.2. The Kier molecular flexibility index (Phi) is 30.8. The average Bonchev–Trinajstić information content (AvgIpc) is 1.52. The number of oxazole rings is 2. The molecule has 2 unspecified atom stereocenters. The quantitative estimate of drug-likeness (QED) is 0.0162. The van der Waals surface area contributed by atoms with E-state index >= 15 is 0 Å². The van der Waals surface area contributed by atoms with Gasteiger partial charge in [0.1, 0.15) is 34.2 Å². The fourth-order valence-electron chi connectivity index (χ4n) is 16.2. The molecule has 12 rings (SSSR count). The molecular formula is C102H108B2N6O4. The average molecular weight is 1500 g/mol. The second kappa shape index (κ2) is 42.9. The Balaban J connectivity index is 1.21. The van der Waals surface area contributed by atoms with E-state index in [4.69, 9.17) is 33.1 Å². The first-order valence-electron chi connectivity index (χ1n) is 42.1. The summed E-state index contributed by atoms with van der Waals surface area (Å²) in [4.78, 5) is 15.4. The molecule has 10 nitrogen and oxygen atoms in total. The van der Waals surface area contributed by atoms with Crippen molar-refractivity contribution >= 4 is 79.8 Å². The maximum absolute atomic E-state index is 12.8. The van der Waals surface area contributed by atoms with Crippen molar-refractivity contribution in [2.24, 2.45) is 11.8 Å². The van der Waals surface area contributed by atoms with E-state index in [0.717, 1.165) is 82.0 Å². The van der Waals surface area contributed by atoms with Crippen LogP contribution in [-0.2, 0) is 0 Å². The molecule has 0 aliphatic heterocycles. The van der Waals surface area contributed by atoms with Crippen LogP contribution >= 0.6 is 0 Å². The first-order chi connectivity index (χ1) is 56.2. The molecule has 0 aliphatic carbocycles. The number of hydrogen-bond acceptors (Lipinski definition) is 7. The van der Waals surface area contributed by atoms with Gasteiger partial charge in [0.05, 0.1) is 30.5 Å². The number of fused-ring (bicyclic) bond motifs is 3. The second-order valence-electron chi connectivity index (χ2n) is 30.6. The highest BCUT2D eigenvalue weighted by Crippen LogP contribution is 2.40. The number of nitrogens with zero attached hydrogens (tertiary/aromatic N) is 6. The third-order valence-electron chi connectivity index (χ3n) is 22.0. The molecule has 0 spiro atoms. The fraction of sp³-hybridized carbons (Fsp3) is 0.333. The largest absolute Gasteiger partial charge is 0.493 e. The van der Waals surface area contributed by atoms with Gasteiger partial charge in [-0.05, 0) is 134 Å². The van der Waals surface area contributed by atoms with E-state index in [9.17, 15) is 11.8 Å². The Labute approximate surface area is 676 Å². The van der Waals surface area contributed by atoms with Crippen LogP contribution in [0.15, 0.2) is 262 Å². The summed E-state index contributed by atoms with van der Waals surface area (Å²) in [6.07, 6.45) is 32.2. The van der Waals surface area contributed by atoms with Crippen molar-refractivity contribution in [2.75, 3.05) is 13.2 Å². The highest BCUT2D eigenvalue weighted by atomic mass is 16.5. The maximum Gasteiger partial charge on any atom is 0.328 e. The predicted molar refractivity (Wildman–Crippen MR) is 473 cm³/mol. The third-order valence-corrected chi connectivity index (χ3v) is 22.0. The Bertz CT molecular complexity index is 5440. The summed E-state index contributed by atoms with van der Waals surface area (Å²) in [7, 11) is 0. The Hall–Kier alpha value is -11.6. The van der Waals surface area contributed by atoms with E-state index in [2.05, 4.69) is 210 Å². The highest BCUT2D eigenvalue weighted by Gasteiger charge is 2.38. The zero-order valence-corrected chi connectivity index (χ0v) is 67.6. The molecule has 0 fully saturated rings. The van der Waals surface area contributed by atoms with Gasteiger partial charge in [-0.15, -0.1) is 0 Å². The monoisotopic (exact) mass is 1500 g/mol. The maximum atomic E-state index is 12.8. The standard InChI is InChI=1S/C102H108B2N6O4/c1-8-12-16-20-24-26-30-38-52-79(50-36-28-22-18-14-10-3)75-111-87-64-48-54-81(72-87)97-94-95(100(96(106-7)102-108-91-71-78(6)67-69-93(91)114-102)110(97)104(85-60-44-34-45-61-85)86-62-46-35-47-63-86)98(82-55-49-65-88(73-82)112-76-80(51-37-29-23-19-15-11-4)53-39-31-27-25-21-17-13-9-2)109(103(83-56-40-32-41-57-83)84-58-42-33-43-59-84)99(94)89(74-105)101-107-90-70-77(5)66-68-92(90)113-101/h32-35,40-49,51,54-73,79-80H,4,8-10,12-14,16-18,20-22,24-28,30-31,36,38-39,50,52-53,75-76H2,1-3,5-6H3/b99-89-,100-96+. The lowest BCUT2D eigenvalue weighted by Gasteiger charge is -2.24. The summed E-state index contributed by atoms with van der Waals surface area (Å²) >= 11 is 0. The van der Waals surface area contributed by atoms with Crippen molar-refractivity contribution in [3.05, 3.63) is 298 Å². The first kappa shape index (κ1) is 81.9. The van der Waals surface area contributed by atoms with Gasteiger partial charge in [0, 0.05) is 39.2 Å². The van der Waals surface area contributed by atoms with E-state index in [1.807, 2.05) is 92.7 Å². The summed E-state index contributed by atoms with van der Waals surface area (Å²) in [6.45, 7) is 24.1. The van der Waals surface area contributed by atoms with E-state index < -0.39 is 13.7 Å². The van der Waals surface area contributed by atoms with Crippen LogP contribution in [0.2, 0.25) is 0 Å². The van der Waals surface area contributed by atoms with Gasteiger partial charge >= 0.3 is 13.7 Å². The minimum Gasteiger partial charge on any atom is -0.493 e. The van der Waals surface area contributed by atoms with E-state index in [1.165, 1.54) is 128 Å². The Morgan fingerprint density at radius 2 is 0.886 bits per heavy atom. The van der Waals surface area contributed by atoms with Gasteiger partial charge in [0.25, 0.3) is 5.70 Å². The van der Waals surface area contributed by atoms with Crippen LogP contribution in [-0.4, -0.2) is 45.8 Å². The molecule has 0 N–H and O–H groups in total. The van der Waals surface area contributed by atoms with Gasteiger partial charge in [-0.2, -0.15) is 5.26 Å². The lowest BCUT2D eigenvalue weighted by molar-refractivity contribution is 0.224. The lowest BCUT2D eigenvalue weighted by Crippen LogP contribution is -2.54. The molecule has 0 bridgehead atoms. The van der Waals surface area contributed by atoms with Crippen molar-refractivity contribution in [1.29, 1.82) is 5.26 Å². The van der Waals surface area contributed by atoms with Gasteiger partial charge < -0.3 is 27.3 Å². The molecule has 0 radical (unpaired) electrons. The van der Waals surface area contributed by atoms with Crippen LogP contribution in [0.5, 0.6) is 11.5 Å². The zero-order chi connectivity index (χ0) is 79.1. The lowest BCUT2D eigenvalue weighted by atomic mass is 9.50. The van der Waals surface area contributed by atoms with Gasteiger partial charge in [-0.1, -0.05) is 353 Å². The van der Waals surface area contributed by atoms with E-state index in [0.29, 0.717) is 79.9 Å². The van der Waals surface area contributed by atoms with Crippen molar-refractivity contribution in [3.8, 4) is 40.1 Å².